The summed E-state index contributed by atoms with van der Waals surface area (Å²) >= 11 is 0. The van der Waals surface area contributed by atoms with Gasteiger partial charge in [0, 0.05) is 43.4 Å². The molecular formula is C27H31F2N3O2. The zero-order valence-electron chi connectivity index (χ0n) is 20.0. The molecule has 1 aromatic heterocycles. The molecular weight excluding hydrogens is 436 g/mol. The van der Waals surface area contributed by atoms with E-state index in [2.05, 4.69) is 17.2 Å². The topological polar surface area (TPSA) is 47.4 Å². The van der Waals surface area contributed by atoms with E-state index in [0.29, 0.717) is 30.8 Å². The van der Waals surface area contributed by atoms with E-state index in [-0.39, 0.29) is 11.5 Å². The number of carbonyl (C=O) groups is 1. The van der Waals surface area contributed by atoms with Crippen LogP contribution in [0.1, 0.15) is 54.0 Å². The molecule has 2 aromatic carbocycles. The van der Waals surface area contributed by atoms with Crippen LogP contribution in [-0.2, 0) is 31.2 Å². The third-order valence-electron chi connectivity index (χ3n) is 6.47. The largest absolute Gasteiger partial charge is 0.491 e. The van der Waals surface area contributed by atoms with E-state index in [9.17, 15) is 13.6 Å². The molecule has 180 valence electrons. The van der Waals surface area contributed by atoms with Crippen molar-refractivity contribution in [1.29, 1.82) is 0 Å². The molecule has 1 aliphatic heterocycles. The third-order valence-corrected chi connectivity index (χ3v) is 6.47. The molecule has 0 saturated carbocycles. The van der Waals surface area contributed by atoms with Crippen molar-refractivity contribution in [2.75, 3.05) is 13.2 Å². The second-order valence-corrected chi connectivity index (χ2v) is 9.01. The fourth-order valence-electron chi connectivity index (χ4n) is 4.55. The Balaban J connectivity index is 1.42. The van der Waals surface area contributed by atoms with Crippen molar-refractivity contribution in [3.63, 3.8) is 0 Å². The molecule has 1 amide bonds. The monoisotopic (exact) mass is 467 g/mol. The predicted octanol–water partition coefficient (Wildman–Crippen LogP) is 5.64. The van der Waals surface area contributed by atoms with Gasteiger partial charge in [-0.25, -0.2) is 8.78 Å². The lowest BCUT2D eigenvalue weighted by molar-refractivity contribution is -0.129. The van der Waals surface area contributed by atoms with Crippen LogP contribution in [0.4, 0.5) is 8.78 Å². The number of alkyl halides is 2. The molecule has 0 radical (unpaired) electrons. The molecule has 0 atom stereocenters. The van der Waals surface area contributed by atoms with Crippen LogP contribution in [0.5, 0.6) is 5.75 Å². The van der Waals surface area contributed by atoms with Gasteiger partial charge in [0.1, 0.15) is 12.4 Å². The number of hydrogen-bond donors (Lipinski definition) is 0. The van der Waals surface area contributed by atoms with Crippen LogP contribution in [-0.4, -0.2) is 33.7 Å². The number of unbranched alkanes of at least 4 members (excludes halogenated alkanes) is 1. The molecule has 3 aromatic rings. The maximum absolute atomic E-state index is 13.7. The van der Waals surface area contributed by atoms with Crippen molar-refractivity contribution >= 4 is 5.91 Å². The predicted molar refractivity (Wildman–Crippen MR) is 128 cm³/mol. The number of ether oxygens (including phenoxy) is 1. The highest BCUT2D eigenvalue weighted by Crippen LogP contribution is 2.34. The van der Waals surface area contributed by atoms with E-state index in [1.807, 2.05) is 19.1 Å². The first-order valence-electron chi connectivity index (χ1n) is 11.7. The average molecular weight is 468 g/mol. The Morgan fingerprint density at radius 1 is 1.18 bits per heavy atom. The first kappa shape index (κ1) is 23.9. The summed E-state index contributed by atoms with van der Waals surface area (Å²) in [5.74, 6) is 0.908. The second-order valence-electron chi connectivity index (χ2n) is 9.01. The minimum atomic E-state index is -2.53. The zero-order chi connectivity index (χ0) is 24.2. The standard InChI is InChI=1S/C27H31F2N3O2/c1-18-12-25(27(28)29)24(23-15-30-31(3)16-23)14-21(18)7-5-4-6-20-8-9-26-22(13-20)17-32(19(2)33)10-11-34-26/h8-9,12-16,27H,4-7,10-11,17H2,1-3H3. The number of hydrogen-bond acceptors (Lipinski definition) is 3. The molecule has 0 unspecified atom stereocenters. The van der Waals surface area contributed by atoms with Crippen molar-refractivity contribution in [3.05, 3.63) is 70.5 Å². The number of aryl methyl sites for hydroxylation is 4. The van der Waals surface area contributed by atoms with Crippen molar-refractivity contribution in [1.82, 2.24) is 14.7 Å². The maximum atomic E-state index is 13.7. The molecule has 0 aliphatic carbocycles. The number of fused-ring (bicyclic) bond motifs is 1. The summed E-state index contributed by atoms with van der Waals surface area (Å²) in [5, 5.41) is 4.15. The van der Waals surface area contributed by atoms with Crippen molar-refractivity contribution < 1.29 is 18.3 Å². The molecule has 0 bridgehead atoms. The van der Waals surface area contributed by atoms with Crippen LogP contribution in [0.3, 0.4) is 0 Å². The number of rotatable bonds is 7. The Morgan fingerprint density at radius 3 is 2.68 bits per heavy atom. The first-order chi connectivity index (χ1) is 16.3. The van der Waals surface area contributed by atoms with Gasteiger partial charge in [-0.3, -0.25) is 9.48 Å². The van der Waals surface area contributed by atoms with E-state index in [1.54, 1.807) is 42.0 Å². The van der Waals surface area contributed by atoms with Gasteiger partial charge in [0.05, 0.1) is 12.7 Å². The minimum Gasteiger partial charge on any atom is -0.491 e. The lowest BCUT2D eigenvalue weighted by Crippen LogP contribution is -2.30. The smallest absolute Gasteiger partial charge is 0.264 e. The highest BCUT2D eigenvalue weighted by molar-refractivity contribution is 5.73. The van der Waals surface area contributed by atoms with E-state index >= 15 is 0 Å². The van der Waals surface area contributed by atoms with Crippen LogP contribution in [0.15, 0.2) is 42.7 Å². The number of amides is 1. The summed E-state index contributed by atoms with van der Waals surface area (Å²) in [5.41, 5.74) is 5.58. The summed E-state index contributed by atoms with van der Waals surface area (Å²) in [6, 6.07) is 9.76. The molecule has 5 nitrogen and oxygen atoms in total. The average Bonchev–Trinajstić information content (AvgIpc) is 3.11. The second kappa shape index (κ2) is 10.4. The number of nitrogens with zero attached hydrogens (tertiary/aromatic N) is 3. The molecule has 7 heteroatoms. The van der Waals surface area contributed by atoms with Gasteiger partial charge in [0.25, 0.3) is 6.43 Å². The lowest BCUT2D eigenvalue weighted by atomic mass is 9.93. The number of aromatic nitrogens is 2. The molecule has 4 rings (SSSR count). The van der Waals surface area contributed by atoms with Gasteiger partial charge in [-0.15, -0.1) is 0 Å². The molecule has 0 N–H and O–H groups in total. The zero-order valence-corrected chi connectivity index (χ0v) is 20.0. The molecule has 2 heterocycles. The Hall–Kier alpha value is -3.22. The van der Waals surface area contributed by atoms with Crippen LogP contribution < -0.4 is 4.74 Å². The summed E-state index contributed by atoms with van der Waals surface area (Å²) in [6.45, 7) is 5.18. The van der Waals surface area contributed by atoms with E-state index in [4.69, 9.17) is 4.74 Å². The molecule has 0 spiro atoms. The molecule has 34 heavy (non-hydrogen) atoms. The third kappa shape index (κ3) is 5.46. The summed E-state index contributed by atoms with van der Waals surface area (Å²) < 4.78 is 34.8. The minimum absolute atomic E-state index is 0.0562. The van der Waals surface area contributed by atoms with Crippen LogP contribution >= 0.6 is 0 Å². The van der Waals surface area contributed by atoms with Crippen molar-refractivity contribution in [3.8, 4) is 16.9 Å². The Kier molecular flexibility index (Phi) is 7.29. The van der Waals surface area contributed by atoms with E-state index in [0.717, 1.165) is 48.1 Å². The fourth-order valence-corrected chi connectivity index (χ4v) is 4.55. The van der Waals surface area contributed by atoms with Gasteiger partial charge in [0.15, 0.2) is 0 Å². The van der Waals surface area contributed by atoms with Gasteiger partial charge >= 0.3 is 0 Å². The Labute approximate surface area is 199 Å². The molecule has 0 fully saturated rings. The summed E-state index contributed by atoms with van der Waals surface area (Å²) in [6.07, 6.45) is 4.55. The maximum Gasteiger partial charge on any atom is 0.264 e. The highest BCUT2D eigenvalue weighted by Gasteiger charge is 2.19. The van der Waals surface area contributed by atoms with Crippen LogP contribution in [0.2, 0.25) is 0 Å². The van der Waals surface area contributed by atoms with E-state index in [1.165, 1.54) is 5.56 Å². The van der Waals surface area contributed by atoms with Crippen LogP contribution in [0.25, 0.3) is 11.1 Å². The van der Waals surface area contributed by atoms with Gasteiger partial charge in [0.2, 0.25) is 5.91 Å². The van der Waals surface area contributed by atoms with Crippen molar-refractivity contribution in [2.45, 2.75) is 52.5 Å². The van der Waals surface area contributed by atoms with Gasteiger partial charge in [-0.1, -0.05) is 18.2 Å². The quantitative estimate of drug-likeness (QED) is 0.423. The molecule has 0 saturated heterocycles. The van der Waals surface area contributed by atoms with E-state index < -0.39 is 6.43 Å². The van der Waals surface area contributed by atoms with Gasteiger partial charge in [-0.2, -0.15) is 5.10 Å². The number of halogens is 2. The molecule has 1 aliphatic rings. The Morgan fingerprint density at radius 2 is 1.97 bits per heavy atom. The van der Waals surface area contributed by atoms with Gasteiger partial charge < -0.3 is 9.64 Å². The Bertz CT molecular complexity index is 1170. The summed E-state index contributed by atoms with van der Waals surface area (Å²) in [4.78, 5) is 13.6. The highest BCUT2D eigenvalue weighted by atomic mass is 19.3. The number of carbonyl (C=O) groups excluding carboxylic acids is 1. The van der Waals surface area contributed by atoms with Gasteiger partial charge in [-0.05, 0) is 67.0 Å². The first-order valence-corrected chi connectivity index (χ1v) is 11.7. The van der Waals surface area contributed by atoms with Crippen molar-refractivity contribution in [2.24, 2.45) is 7.05 Å². The fraction of sp³-hybridized carbons (Fsp3) is 0.407. The van der Waals surface area contributed by atoms with Crippen LogP contribution in [0, 0.1) is 6.92 Å². The lowest BCUT2D eigenvalue weighted by Gasteiger charge is -2.17. The SMILES string of the molecule is CC(=O)N1CCOc2ccc(CCCCc3cc(-c4cnn(C)c4)c(C(F)F)cc3C)cc2C1. The number of benzene rings is 2. The normalized spacial score (nSPS) is 13.5. The summed E-state index contributed by atoms with van der Waals surface area (Å²) in [7, 11) is 1.78.